The number of fused-ring (bicyclic) bond motifs is 1. The summed E-state index contributed by atoms with van der Waals surface area (Å²) in [6, 6.07) is 29.7. The average Bonchev–Trinajstić information content (AvgIpc) is 3.25. The first kappa shape index (κ1) is 21.1. The molecule has 0 spiro atoms. The molecule has 0 saturated carbocycles. The van der Waals surface area contributed by atoms with Crippen molar-refractivity contribution >= 4 is 65.0 Å². The van der Waals surface area contributed by atoms with Gasteiger partial charge in [0, 0.05) is 20.1 Å². The Balaban J connectivity index is 1.48. The van der Waals surface area contributed by atoms with Crippen molar-refractivity contribution < 1.29 is 4.79 Å². The molecular formula is C26H16Br2N2OS. The SMILES string of the molecule is O=C(Nc1c(Br)cc(Br)cc1-c1nc2ccccc2s1)c1ccc(-c2ccccc2)cc1. The second kappa shape index (κ2) is 8.98. The summed E-state index contributed by atoms with van der Waals surface area (Å²) in [6.07, 6.45) is 0. The summed E-state index contributed by atoms with van der Waals surface area (Å²) in [5.41, 5.74) is 5.29. The van der Waals surface area contributed by atoms with Gasteiger partial charge in [-0.1, -0.05) is 70.5 Å². The number of hydrogen-bond acceptors (Lipinski definition) is 3. The lowest BCUT2D eigenvalue weighted by Gasteiger charge is -2.13. The highest BCUT2D eigenvalue weighted by Crippen LogP contribution is 2.40. The fourth-order valence-corrected chi connectivity index (χ4v) is 5.80. The van der Waals surface area contributed by atoms with Gasteiger partial charge in [0.15, 0.2) is 0 Å². The Bertz CT molecular complexity index is 1400. The van der Waals surface area contributed by atoms with Crippen molar-refractivity contribution in [1.82, 2.24) is 4.98 Å². The lowest BCUT2D eigenvalue weighted by molar-refractivity contribution is 0.102. The van der Waals surface area contributed by atoms with E-state index < -0.39 is 0 Å². The predicted molar refractivity (Wildman–Crippen MR) is 140 cm³/mol. The van der Waals surface area contributed by atoms with Gasteiger partial charge in [-0.05, 0) is 63.5 Å². The van der Waals surface area contributed by atoms with E-state index in [1.807, 2.05) is 72.8 Å². The summed E-state index contributed by atoms with van der Waals surface area (Å²) in [6.45, 7) is 0. The number of benzene rings is 4. The van der Waals surface area contributed by atoms with Gasteiger partial charge in [0.25, 0.3) is 5.91 Å². The zero-order valence-electron chi connectivity index (χ0n) is 16.7. The maximum absolute atomic E-state index is 13.1. The van der Waals surface area contributed by atoms with Crippen molar-refractivity contribution in [2.75, 3.05) is 5.32 Å². The van der Waals surface area contributed by atoms with Crippen LogP contribution in [0.5, 0.6) is 0 Å². The number of hydrogen-bond donors (Lipinski definition) is 1. The van der Waals surface area contributed by atoms with Gasteiger partial charge < -0.3 is 5.32 Å². The third-order valence-corrected chi connectivity index (χ3v) is 7.22. The molecule has 0 radical (unpaired) electrons. The lowest BCUT2D eigenvalue weighted by atomic mass is 10.0. The molecule has 0 bridgehead atoms. The fourth-order valence-electron chi connectivity index (χ4n) is 3.49. The molecule has 4 aromatic carbocycles. The molecule has 0 saturated heterocycles. The van der Waals surface area contributed by atoms with Crippen LogP contribution >= 0.6 is 43.2 Å². The van der Waals surface area contributed by atoms with Gasteiger partial charge >= 0.3 is 0 Å². The second-order valence-electron chi connectivity index (χ2n) is 7.19. The topological polar surface area (TPSA) is 42.0 Å². The van der Waals surface area contributed by atoms with Crippen LogP contribution in [0.2, 0.25) is 0 Å². The lowest BCUT2D eigenvalue weighted by Crippen LogP contribution is -2.13. The van der Waals surface area contributed by atoms with Gasteiger partial charge in [0.05, 0.1) is 15.9 Å². The summed E-state index contributed by atoms with van der Waals surface area (Å²) < 4.78 is 2.80. The Morgan fingerprint density at radius 2 is 1.50 bits per heavy atom. The first-order chi connectivity index (χ1) is 15.6. The van der Waals surface area contributed by atoms with Gasteiger partial charge in [0.1, 0.15) is 5.01 Å². The van der Waals surface area contributed by atoms with Crippen LogP contribution in [0.3, 0.4) is 0 Å². The van der Waals surface area contributed by atoms with Crippen LogP contribution in [-0.2, 0) is 0 Å². The molecular weight excluding hydrogens is 548 g/mol. The molecule has 0 atom stereocenters. The second-order valence-corrected chi connectivity index (χ2v) is 10.00. The summed E-state index contributed by atoms with van der Waals surface area (Å²) in [5.74, 6) is -0.171. The van der Waals surface area contributed by atoms with E-state index in [2.05, 4.69) is 55.4 Å². The minimum atomic E-state index is -0.171. The van der Waals surface area contributed by atoms with Crippen molar-refractivity contribution in [1.29, 1.82) is 0 Å². The van der Waals surface area contributed by atoms with Gasteiger partial charge in [0.2, 0.25) is 0 Å². The number of para-hydroxylation sites is 1. The Kier molecular flexibility index (Phi) is 5.91. The number of rotatable bonds is 4. The van der Waals surface area contributed by atoms with E-state index in [0.29, 0.717) is 11.3 Å². The molecule has 156 valence electrons. The number of thiazole rings is 1. The zero-order chi connectivity index (χ0) is 22.1. The Labute approximate surface area is 206 Å². The van der Waals surface area contributed by atoms with Gasteiger partial charge in [-0.15, -0.1) is 11.3 Å². The Morgan fingerprint density at radius 1 is 0.812 bits per heavy atom. The highest BCUT2D eigenvalue weighted by molar-refractivity contribution is 9.11. The number of amides is 1. The third kappa shape index (κ3) is 4.26. The standard InChI is InChI=1S/C26H16Br2N2OS/c27-19-14-20(26-29-22-8-4-5-9-23(22)32-26)24(21(28)15-19)30-25(31)18-12-10-17(11-13-18)16-6-2-1-3-7-16/h1-15H,(H,30,31). The van der Waals surface area contributed by atoms with Crippen LogP contribution in [0, 0.1) is 0 Å². The number of nitrogens with zero attached hydrogens (tertiary/aromatic N) is 1. The highest BCUT2D eigenvalue weighted by Gasteiger charge is 2.17. The van der Waals surface area contributed by atoms with Crippen molar-refractivity contribution in [3.05, 3.63) is 106 Å². The molecule has 5 rings (SSSR count). The molecule has 6 heteroatoms. The number of aromatic nitrogens is 1. The molecule has 0 aliphatic heterocycles. The van der Waals surface area contributed by atoms with Gasteiger partial charge in [-0.2, -0.15) is 0 Å². The van der Waals surface area contributed by atoms with Crippen LogP contribution in [-0.4, -0.2) is 10.9 Å². The summed E-state index contributed by atoms with van der Waals surface area (Å²) in [7, 11) is 0. The number of nitrogens with one attached hydrogen (secondary N) is 1. The van der Waals surface area contributed by atoms with Crippen molar-refractivity contribution in [2.45, 2.75) is 0 Å². The van der Waals surface area contributed by atoms with Crippen LogP contribution in [0.1, 0.15) is 10.4 Å². The molecule has 1 heterocycles. The van der Waals surface area contributed by atoms with Crippen LogP contribution in [0.25, 0.3) is 31.9 Å². The predicted octanol–water partition coefficient (Wildman–Crippen LogP) is 8.41. The van der Waals surface area contributed by atoms with Gasteiger partial charge in [-0.3, -0.25) is 4.79 Å². The number of carbonyl (C=O) groups is 1. The van der Waals surface area contributed by atoms with E-state index in [0.717, 1.165) is 40.9 Å². The smallest absolute Gasteiger partial charge is 0.255 e. The minimum Gasteiger partial charge on any atom is -0.320 e. The maximum Gasteiger partial charge on any atom is 0.255 e. The molecule has 0 aliphatic rings. The summed E-state index contributed by atoms with van der Waals surface area (Å²) in [4.78, 5) is 17.9. The van der Waals surface area contributed by atoms with E-state index in [4.69, 9.17) is 4.98 Å². The van der Waals surface area contributed by atoms with Crippen LogP contribution in [0.15, 0.2) is 99.9 Å². The highest BCUT2D eigenvalue weighted by atomic mass is 79.9. The summed E-state index contributed by atoms with van der Waals surface area (Å²) >= 11 is 8.78. The van der Waals surface area contributed by atoms with E-state index in [9.17, 15) is 4.79 Å². The first-order valence-electron chi connectivity index (χ1n) is 9.90. The molecule has 1 aromatic heterocycles. The number of carbonyl (C=O) groups excluding carboxylic acids is 1. The average molecular weight is 564 g/mol. The van der Waals surface area contributed by atoms with E-state index in [1.165, 1.54) is 0 Å². The Morgan fingerprint density at radius 3 is 2.25 bits per heavy atom. The first-order valence-corrected chi connectivity index (χ1v) is 12.3. The molecule has 0 fully saturated rings. The molecule has 0 aliphatic carbocycles. The van der Waals surface area contributed by atoms with Crippen molar-refractivity contribution in [3.63, 3.8) is 0 Å². The third-order valence-electron chi connectivity index (χ3n) is 5.07. The van der Waals surface area contributed by atoms with Crippen molar-refractivity contribution in [2.24, 2.45) is 0 Å². The number of halogens is 2. The molecule has 5 aromatic rings. The van der Waals surface area contributed by atoms with Gasteiger partial charge in [-0.25, -0.2) is 4.98 Å². The largest absolute Gasteiger partial charge is 0.320 e. The molecule has 1 amide bonds. The molecule has 0 unspecified atom stereocenters. The minimum absolute atomic E-state index is 0.171. The van der Waals surface area contributed by atoms with E-state index in [1.54, 1.807) is 11.3 Å². The van der Waals surface area contributed by atoms with Crippen LogP contribution in [0.4, 0.5) is 5.69 Å². The normalized spacial score (nSPS) is 10.9. The molecule has 3 nitrogen and oxygen atoms in total. The maximum atomic E-state index is 13.1. The van der Waals surface area contributed by atoms with Crippen LogP contribution < -0.4 is 5.32 Å². The van der Waals surface area contributed by atoms with E-state index in [-0.39, 0.29) is 5.91 Å². The fraction of sp³-hybridized carbons (Fsp3) is 0. The van der Waals surface area contributed by atoms with Crippen molar-refractivity contribution in [3.8, 4) is 21.7 Å². The molecule has 32 heavy (non-hydrogen) atoms. The quantitative estimate of drug-likeness (QED) is 0.238. The zero-order valence-corrected chi connectivity index (χ0v) is 20.7. The number of anilines is 1. The Hall–Kier alpha value is -2.80. The summed E-state index contributed by atoms with van der Waals surface area (Å²) in [5, 5.41) is 3.93. The molecule has 1 N–H and O–H groups in total. The monoisotopic (exact) mass is 562 g/mol. The van der Waals surface area contributed by atoms with E-state index >= 15 is 0 Å².